The van der Waals surface area contributed by atoms with E-state index in [-0.39, 0.29) is 12.5 Å². The van der Waals surface area contributed by atoms with Gasteiger partial charge in [0, 0.05) is 6.54 Å². The van der Waals surface area contributed by atoms with Crippen LogP contribution >= 0.6 is 11.6 Å². The quantitative estimate of drug-likeness (QED) is 0.832. The van der Waals surface area contributed by atoms with Gasteiger partial charge >= 0.3 is 0 Å². The third kappa shape index (κ3) is 3.83. The van der Waals surface area contributed by atoms with Crippen molar-refractivity contribution in [2.45, 2.75) is 18.5 Å². The largest absolute Gasteiger partial charge is 0.392 e. The van der Waals surface area contributed by atoms with E-state index in [1.807, 2.05) is 54.6 Å². The number of hydrogen-bond acceptors (Lipinski definition) is 2. The molecule has 20 heavy (non-hydrogen) atoms. The van der Waals surface area contributed by atoms with Crippen LogP contribution in [-0.4, -0.2) is 11.0 Å². The molecule has 4 heteroatoms. The Labute approximate surface area is 123 Å². The van der Waals surface area contributed by atoms with E-state index in [2.05, 4.69) is 5.32 Å². The van der Waals surface area contributed by atoms with Crippen molar-refractivity contribution in [1.29, 1.82) is 0 Å². The maximum absolute atomic E-state index is 12.0. The number of aliphatic hydroxyl groups excluding tert-OH is 1. The van der Waals surface area contributed by atoms with Gasteiger partial charge in [-0.1, -0.05) is 54.6 Å². The molecular formula is C16H16ClNO2. The maximum Gasteiger partial charge on any atom is 0.242 e. The van der Waals surface area contributed by atoms with E-state index in [9.17, 15) is 4.79 Å². The summed E-state index contributed by atoms with van der Waals surface area (Å²) in [6.07, 6.45) is 0. The van der Waals surface area contributed by atoms with Crippen molar-refractivity contribution >= 4 is 17.5 Å². The molecule has 104 valence electrons. The lowest BCUT2D eigenvalue weighted by atomic mass is 10.1. The first-order valence-corrected chi connectivity index (χ1v) is 6.80. The Kier molecular flexibility index (Phi) is 5.16. The number of alkyl halides is 1. The first-order chi connectivity index (χ1) is 9.70. The summed E-state index contributed by atoms with van der Waals surface area (Å²) in [6, 6.07) is 16.7. The minimum absolute atomic E-state index is 0.00999. The van der Waals surface area contributed by atoms with Gasteiger partial charge in [0.2, 0.25) is 5.91 Å². The fraction of sp³-hybridized carbons (Fsp3) is 0.188. The van der Waals surface area contributed by atoms with Crippen LogP contribution in [0.2, 0.25) is 0 Å². The lowest BCUT2D eigenvalue weighted by Gasteiger charge is -2.11. The topological polar surface area (TPSA) is 49.3 Å². The number of halogens is 1. The molecule has 0 saturated heterocycles. The van der Waals surface area contributed by atoms with Gasteiger partial charge in [-0.2, -0.15) is 0 Å². The van der Waals surface area contributed by atoms with Crippen LogP contribution in [0.1, 0.15) is 22.1 Å². The molecule has 2 N–H and O–H groups in total. The van der Waals surface area contributed by atoms with Gasteiger partial charge in [-0.3, -0.25) is 4.79 Å². The summed E-state index contributed by atoms with van der Waals surface area (Å²) in [5, 5.41) is 11.2. The predicted molar refractivity (Wildman–Crippen MR) is 79.2 cm³/mol. The minimum Gasteiger partial charge on any atom is -0.392 e. The Balaban J connectivity index is 1.95. The highest BCUT2D eigenvalue weighted by molar-refractivity contribution is 6.30. The molecule has 0 heterocycles. The number of nitrogens with one attached hydrogen (secondary N) is 1. The molecule has 0 radical (unpaired) electrons. The monoisotopic (exact) mass is 289 g/mol. The van der Waals surface area contributed by atoms with Crippen LogP contribution in [0.3, 0.4) is 0 Å². The summed E-state index contributed by atoms with van der Waals surface area (Å²) < 4.78 is 0. The first kappa shape index (κ1) is 14.6. The van der Waals surface area contributed by atoms with Gasteiger partial charge in [0.05, 0.1) is 6.61 Å². The lowest BCUT2D eigenvalue weighted by Crippen LogP contribution is -2.26. The van der Waals surface area contributed by atoms with Crippen molar-refractivity contribution in [3.05, 3.63) is 71.3 Å². The molecule has 0 saturated carbocycles. The van der Waals surface area contributed by atoms with Crippen LogP contribution < -0.4 is 5.32 Å². The second-order valence-electron chi connectivity index (χ2n) is 4.47. The molecule has 0 aliphatic carbocycles. The zero-order valence-corrected chi connectivity index (χ0v) is 11.7. The highest BCUT2D eigenvalue weighted by atomic mass is 35.5. The van der Waals surface area contributed by atoms with E-state index in [1.165, 1.54) is 0 Å². The van der Waals surface area contributed by atoms with Gasteiger partial charge in [-0.25, -0.2) is 0 Å². The molecule has 2 aromatic rings. The summed E-state index contributed by atoms with van der Waals surface area (Å²) in [6.45, 7) is 0.382. The Bertz CT molecular complexity index is 572. The van der Waals surface area contributed by atoms with E-state index < -0.39 is 5.38 Å². The maximum atomic E-state index is 12.0. The summed E-state index contributed by atoms with van der Waals surface area (Å²) in [5.41, 5.74) is 2.53. The number of hydrogen-bond donors (Lipinski definition) is 2. The van der Waals surface area contributed by atoms with Crippen molar-refractivity contribution in [3.63, 3.8) is 0 Å². The Morgan fingerprint density at radius 2 is 1.80 bits per heavy atom. The Morgan fingerprint density at radius 1 is 1.10 bits per heavy atom. The van der Waals surface area contributed by atoms with Gasteiger partial charge in [0.15, 0.2) is 0 Å². The molecule has 1 atom stereocenters. The van der Waals surface area contributed by atoms with Crippen molar-refractivity contribution < 1.29 is 9.90 Å². The van der Waals surface area contributed by atoms with Crippen LogP contribution in [0.5, 0.6) is 0 Å². The molecule has 0 aromatic heterocycles. The highest BCUT2D eigenvalue weighted by Crippen LogP contribution is 2.20. The van der Waals surface area contributed by atoms with Gasteiger partial charge in [-0.05, 0) is 16.7 Å². The molecule has 0 aliphatic heterocycles. The van der Waals surface area contributed by atoms with Crippen LogP contribution in [0, 0.1) is 0 Å². The fourth-order valence-electron chi connectivity index (χ4n) is 1.89. The SMILES string of the molecule is O=C(NCc1cccc(CO)c1)C(Cl)c1ccccc1. The smallest absolute Gasteiger partial charge is 0.242 e. The molecule has 1 amide bonds. The molecule has 0 aliphatic rings. The molecular weight excluding hydrogens is 274 g/mol. The van der Waals surface area contributed by atoms with E-state index in [0.29, 0.717) is 6.54 Å². The summed E-state index contributed by atoms with van der Waals surface area (Å²) in [7, 11) is 0. The van der Waals surface area contributed by atoms with Gasteiger partial charge in [-0.15, -0.1) is 11.6 Å². The van der Waals surface area contributed by atoms with Crippen LogP contribution in [0.25, 0.3) is 0 Å². The zero-order valence-electron chi connectivity index (χ0n) is 10.9. The Morgan fingerprint density at radius 3 is 2.50 bits per heavy atom. The normalized spacial score (nSPS) is 11.9. The standard InChI is InChI=1S/C16H16ClNO2/c17-15(14-7-2-1-3-8-14)16(20)18-10-12-5-4-6-13(9-12)11-19/h1-9,15,19H,10-11H2,(H,18,20). The molecule has 2 rings (SSSR count). The molecule has 0 fully saturated rings. The van der Waals surface area contributed by atoms with E-state index in [1.54, 1.807) is 0 Å². The van der Waals surface area contributed by atoms with Gasteiger partial charge < -0.3 is 10.4 Å². The number of amides is 1. The predicted octanol–water partition coefficient (Wildman–Crippen LogP) is 2.78. The lowest BCUT2D eigenvalue weighted by molar-refractivity contribution is -0.121. The van der Waals surface area contributed by atoms with Gasteiger partial charge in [0.1, 0.15) is 5.38 Å². The van der Waals surface area contributed by atoms with Crippen molar-refractivity contribution in [2.75, 3.05) is 0 Å². The third-order valence-electron chi connectivity index (χ3n) is 2.96. The molecule has 2 aromatic carbocycles. The van der Waals surface area contributed by atoms with Crippen LogP contribution in [0.4, 0.5) is 0 Å². The first-order valence-electron chi connectivity index (χ1n) is 6.36. The van der Waals surface area contributed by atoms with Crippen molar-refractivity contribution in [3.8, 4) is 0 Å². The van der Waals surface area contributed by atoms with Gasteiger partial charge in [0.25, 0.3) is 0 Å². The average Bonchev–Trinajstić information content (AvgIpc) is 2.53. The zero-order chi connectivity index (χ0) is 14.4. The Hall–Kier alpha value is -1.84. The number of carbonyl (C=O) groups is 1. The number of aliphatic hydroxyl groups is 1. The number of carbonyl (C=O) groups excluding carboxylic acids is 1. The summed E-state index contributed by atoms with van der Waals surface area (Å²) in [5.74, 6) is -0.229. The second-order valence-corrected chi connectivity index (χ2v) is 4.91. The van der Waals surface area contributed by atoms with Crippen LogP contribution in [-0.2, 0) is 17.9 Å². The molecule has 0 bridgehead atoms. The summed E-state index contributed by atoms with van der Waals surface area (Å²) in [4.78, 5) is 12.0. The van der Waals surface area contributed by atoms with Crippen molar-refractivity contribution in [1.82, 2.24) is 5.32 Å². The van der Waals surface area contributed by atoms with E-state index >= 15 is 0 Å². The number of rotatable bonds is 5. The second kappa shape index (κ2) is 7.08. The van der Waals surface area contributed by atoms with Crippen LogP contribution in [0.15, 0.2) is 54.6 Å². The van der Waals surface area contributed by atoms with Crippen molar-refractivity contribution in [2.24, 2.45) is 0 Å². The third-order valence-corrected chi connectivity index (χ3v) is 3.41. The molecule has 1 unspecified atom stereocenters. The van der Waals surface area contributed by atoms with E-state index in [4.69, 9.17) is 16.7 Å². The number of benzene rings is 2. The highest BCUT2D eigenvalue weighted by Gasteiger charge is 2.16. The fourth-order valence-corrected chi connectivity index (χ4v) is 2.11. The average molecular weight is 290 g/mol. The molecule has 3 nitrogen and oxygen atoms in total. The molecule has 0 spiro atoms. The minimum atomic E-state index is -0.697. The summed E-state index contributed by atoms with van der Waals surface area (Å²) >= 11 is 6.13. The van der Waals surface area contributed by atoms with E-state index in [0.717, 1.165) is 16.7 Å².